The molecule has 5 N–H and O–H groups in total. The number of nitrogens with zero attached hydrogens (tertiary/aromatic N) is 6. The zero-order chi connectivity index (χ0) is 28.2. The fourth-order valence-electron chi connectivity index (χ4n) is 6.56. The zero-order valence-corrected chi connectivity index (χ0v) is 22.5. The van der Waals surface area contributed by atoms with Crippen LogP contribution in [0.1, 0.15) is 64.9 Å². The number of anilines is 2. The van der Waals surface area contributed by atoms with Gasteiger partial charge in [-0.05, 0) is 38.7 Å². The molecule has 2 bridgehead atoms. The molecule has 2 aliphatic heterocycles. The second-order valence-electron chi connectivity index (χ2n) is 10.9. The van der Waals surface area contributed by atoms with Crippen molar-refractivity contribution in [2.24, 2.45) is 0 Å². The molecule has 2 aliphatic rings. The van der Waals surface area contributed by atoms with Gasteiger partial charge in [0.25, 0.3) is 5.91 Å². The zero-order valence-electron chi connectivity index (χ0n) is 22.5. The van der Waals surface area contributed by atoms with Gasteiger partial charge in [0.05, 0.1) is 29.3 Å². The number of carbonyl (C=O) groups excluding carboxylic acids is 2. The van der Waals surface area contributed by atoms with Gasteiger partial charge in [0, 0.05) is 40.9 Å². The standard InChI is InChI=1S/C30H29N9O2/c1-16(40)25-26(19-11-20-8-9-21(12-19)38(20)30(41)23-14-34-37-27(23)31)36-29-22(15-35-39(29)28(25)32)18-7-10-24(33-13-18)17-5-3-2-4-6-17/h2-7,10,13-15,19-21H,8-9,11-12,32H2,1H3,(H3,31,34,37)/t19-,20-,21+. The maximum absolute atomic E-state index is 13.3. The number of amides is 1. The summed E-state index contributed by atoms with van der Waals surface area (Å²) < 4.78 is 1.54. The molecule has 206 valence electrons. The Morgan fingerprint density at radius 3 is 2.34 bits per heavy atom. The topological polar surface area (TPSA) is 161 Å². The highest BCUT2D eigenvalue weighted by Crippen LogP contribution is 2.45. The highest BCUT2D eigenvalue weighted by molar-refractivity contribution is 6.01. The maximum Gasteiger partial charge on any atom is 0.259 e. The Bertz CT molecular complexity index is 1780. The first kappa shape index (κ1) is 24.9. The lowest BCUT2D eigenvalue weighted by molar-refractivity contribution is 0.0569. The van der Waals surface area contributed by atoms with E-state index >= 15 is 0 Å². The van der Waals surface area contributed by atoms with E-state index in [0.29, 0.717) is 35.3 Å². The van der Waals surface area contributed by atoms with Crippen molar-refractivity contribution in [2.75, 3.05) is 11.5 Å². The van der Waals surface area contributed by atoms with Crippen molar-refractivity contribution in [3.05, 3.63) is 77.9 Å². The smallest absolute Gasteiger partial charge is 0.259 e. The second-order valence-corrected chi connectivity index (χ2v) is 10.9. The SMILES string of the molecule is CC(=O)c1c([C@@H]2C[C@H]3CC[C@@H](C2)N3C(=O)c2cn[nH]c2N)nc2c(-c3ccc(-c4ccccc4)nc3)cnn2c1N. The number of piperidine rings is 1. The van der Waals surface area contributed by atoms with Gasteiger partial charge in [-0.15, -0.1) is 0 Å². The first-order valence-corrected chi connectivity index (χ1v) is 13.7. The van der Waals surface area contributed by atoms with E-state index in [4.69, 9.17) is 16.5 Å². The van der Waals surface area contributed by atoms with Crippen LogP contribution in [0.3, 0.4) is 0 Å². The van der Waals surface area contributed by atoms with Crippen LogP contribution in [0.2, 0.25) is 0 Å². The number of hydrogen-bond donors (Lipinski definition) is 3. The number of Topliss-reactive ketones (excluding diaryl/α,β-unsaturated/α-hetero) is 1. The molecule has 2 saturated heterocycles. The van der Waals surface area contributed by atoms with Crippen LogP contribution in [0.25, 0.3) is 28.0 Å². The molecule has 0 unspecified atom stereocenters. The van der Waals surface area contributed by atoms with E-state index in [0.717, 1.165) is 35.2 Å². The molecule has 11 nitrogen and oxygen atoms in total. The van der Waals surface area contributed by atoms with Crippen molar-refractivity contribution >= 4 is 29.0 Å². The van der Waals surface area contributed by atoms with Crippen LogP contribution >= 0.6 is 0 Å². The molecule has 6 heterocycles. The average Bonchev–Trinajstić information content (AvgIpc) is 3.68. The molecule has 5 aromatic rings. The van der Waals surface area contributed by atoms with Crippen LogP contribution in [-0.2, 0) is 0 Å². The van der Waals surface area contributed by atoms with Crippen molar-refractivity contribution in [1.82, 2.24) is 34.7 Å². The van der Waals surface area contributed by atoms with Crippen molar-refractivity contribution in [1.29, 1.82) is 0 Å². The summed E-state index contributed by atoms with van der Waals surface area (Å²) in [6.45, 7) is 1.51. The van der Waals surface area contributed by atoms with Gasteiger partial charge in [0.1, 0.15) is 17.2 Å². The number of nitrogen functional groups attached to an aromatic ring is 2. The number of H-pyrrole nitrogens is 1. The summed E-state index contributed by atoms with van der Waals surface area (Å²) in [4.78, 5) is 37.9. The minimum absolute atomic E-state index is 0.0127. The van der Waals surface area contributed by atoms with Gasteiger partial charge < -0.3 is 16.4 Å². The Balaban J connectivity index is 1.25. The van der Waals surface area contributed by atoms with Crippen LogP contribution in [0.4, 0.5) is 11.6 Å². The molecular weight excluding hydrogens is 518 g/mol. The summed E-state index contributed by atoms with van der Waals surface area (Å²) in [7, 11) is 0. The van der Waals surface area contributed by atoms with Crippen LogP contribution in [-0.4, -0.2) is 58.5 Å². The number of carbonyl (C=O) groups is 2. The predicted octanol–water partition coefficient (Wildman–Crippen LogP) is 4.10. The number of aromatic nitrogens is 6. The largest absolute Gasteiger partial charge is 0.383 e. The third kappa shape index (κ3) is 4.03. The summed E-state index contributed by atoms with van der Waals surface area (Å²) in [5.41, 5.74) is 18.1. The number of fused-ring (bicyclic) bond motifs is 3. The predicted molar refractivity (Wildman–Crippen MR) is 154 cm³/mol. The maximum atomic E-state index is 13.3. The van der Waals surface area contributed by atoms with Crippen molar-refractivity contribution in [3.8, 4) is 22.4 Å². The number of nitrogens with two attached hydrogens (primary N) is 2. The highest BCUT2D eigenvalue weighted by atomic mass is 16.2. The summed E-state index contributed by atoms with van der Waals surface area (Å²) in [5.74, 6) is 0.242. The van der Waals surface area contributed by atoms with Crippen molar-refractivity contribution in [2.45, 2.75) is 50.6 Å². The summed E-state index contributed by atoms with van der Waals surface area (Å²) in [6, 6.07) is 14.0. The third-order valence-electron chi connectivity index (χ3n) is 8.46. The lowest BCUT2D eigenvalue weighted by Gasteiger charge is -2.39. The van der Waals surface area contributed by atoms with Gasteiger partial charge in [-0.2, -0.15) is 14.7 Å². The van der Waals surface area contributed by atoms with Gasteiger partial charge in [-0.25, -0.2) is 4.98 Å². The van der Waals surface area contributed by atoms with E-state index in [1.54, 1.807) is 6.20 Å². The molecule has 11 heteroatoms. The van der Waals surface area contributed by atoms with Crippen LogP contribution < -0.4 is 11.5 Å². The molecule has 4 aromatic heterocycles. The number of aromatic amines is 1. The number of nitrogens with one attached hydrogen (secondary N) is 1. The van der Waals surface area contributed by atoms with Crippen LogP contribution in [0.15, 0.2) is 61.1 Å². The van der Waals surface area contributed by atoms with Gasteiger partial charge in [-0.1, -0.05) is 36.4 Å². The molecule has 1 amide bonds. The van der Waals surface area contributed by atoms with Crippen LogP contribution in [0, 0.1) is 0 Å². The van der Waals surface area contributed by atoms with E-state index < -0.39 is 0 Å². The van der Waals surface area contributed by atoms with E-state index in [1.165, 1.54) is 17.6 Å². The molecule has 0 spiro atoms. The number of benzene rings is 1. The Kier molecular flexibility index (Phi) is 5.81. The first-order valence-electron chi connectivity index (χ1n) is 13.7. The highest BCUT2D eigenvalue weighted by Gasteiger charge is 2.45. The normalized spacial score (nSPS) is 20.0. The van der Waals surface area contributed by atoms with Gasteiger partial charge in [0.2, 0.25) is 0 Å². The Morgan fingerprint density at radius 1 is 0.951 bits per heavy atom. The first-order chi connectivity index (χ1) is 19.9. The fourth-order valence-corrected chi connectivity index (χ4v) is 6.56. The third-order valence-corrected chi connectivity index (χ3v) is 8.46. The molecule has 0 aliphatic carbocycles. The van der Waals surface area contributed by atoms with Crippen molar-refractivity contribution in [3.63, 3.8) is 0 Å². The Hall–Kier alpha value is -5.06. The Morgan fingerprint density at radius 2 is 1.71 bits per heavy atom. The number of hydrogen-bond acceptors (Lipinski definition) is 8. The molecule has 7 rings (SSSR count). The summed E-state index contributed by atoms with van der Waals surface area (Å²) in [5, 5.41) is 11.1. The minimum atomic E-state index is -0.158. The quantitative estimate of drug-likeness (QED) is 0.277. The molecule has 41 heavy (non-hydrogen) atoms. The second kappa shape index (κ2) is 9.54. The van der Waals surface area contributed by atoms with Gasteiger partial charge in [-0.3, -0.25) is 19.7 Å². The summed E-state index contributed by atoms with van der Waals surface area (Å²) in [6.07, 6.45) is 8.13. The number of rotatable bonds is 5. The molecule has 3 atom stereocenters. The molecular formula is C30H29N9O2. The van der Waals surface area contributed by atoms with E-state index in [1.807, 2.05) is 53.6 Å². The van der Waals surface area contributed by atoms with Crippen molar-refractivity contribution < 1.29 is 9.59 Å². The number of ketones is 1. The minimum Gasteiger partial charge on any atom is -0.383 e. The Labute approximate surface area is 235 Å². The lowest BCUT2D eigenvalue weighted by atomic mass is 9.85. The number of pyridine rings is 1. The lowest BCUT2D eigenvalue weighted by Crippen LogP contribution is -2.46. The van der Waals surface area contributed by atoms with E-state index in [2.05, 4.69) is 20.3 Å². The molecule has 0 saturated carbocycles. The van der Waals surface area contributed by atoms with Gasteiger partial charge in [0.15, 0.2) is 11.4 Å². The molecule has 0 radical (unpaired) electrons. The van der Waals surface area contributed by atoms with E-state index in [-0.39, 0.29) is 41.3 Å². The monoisotopic (exact) mass is 547 g/mol. The van der Waals surface area contributed by atoms with Gasteiger partial charge >= 0.3 is 0 Å². The summed E-state index contributed by atoms with van der Waals surface area (Å²) >= 11 is 0. The molecule has 1 aromatic carbocycles. The fraction of sp³-hybridized carbons (Fsp3) is 0.267. The van der Waals surface area contributed by atoms with E-state index in [9.17, 15) is 9.59 Å². The average molecular weight is 548 g/mol. The molecule has 2 fully saturated rings. The van der Waals surface area contributed by atoms with Crippen LogP contribution in [0.5, 0.6) is 0 Å².